The van der Waals surface area contributed by atoms with E-state index in [1.165, 1.54) is 6.20 Å². The Hall–Kier alpha value is -3.07. The molecule has 1 aliphatic heterocycles. The molecule has 3 aromatic rings. The summed E-state index contributed by atoms with van der Waals surface area (Å²) in [6.45, 7) is 3.33. The average molecular weight is 440 g/mol. The molecule has 0 bridgehead atoms. The van der Waals surface area contributed by atoms with Crippen LogP contribution in [0.25, 0.3) is 0 Å². The predicted octanol–water partition coefficient (Wildman–Crippen LogP) is 2.61. The Bertz CT molecular complexity index is 944. The van der Waals surface area contributed by atoms with Crippen LogP contribution in [0.15, 0.2) is 59.7 Å². The van der Waals surface area contributed by atoms with E-state index in [1.807, 2.05) is 24.4 Å². The van der Waals surface area contributed by atoms with Gasteiger partial charge in [0.25, 0.3) is 5.91 Å². The summed E-state index contributed by atoms with van der Waals surface area (Å²) in [6, 6.07) is 7.64. The zero-order chi connectivity index (χ0) is 19.3. The molecule has 4 rings (SSSR count). The Balaban J connectivity index is 1.35. The number of piperazine rings is 1. The fraction of sp³-hybridized carbons (Fsp3) is 0.211. The third-order valence-corrected chi connectivity index (χ3v) is 4.83. The molecule has 0 spiro atoms. The van der Waals surface area contributed by atoms with Gasteiger partial charge in [-0.2, -0.15) is 0 Å². The quantitative estimate of drug-likeness (QED) is 0.668. The van der Waals surface area contributed by atoms with E-state index in [-0.39, 0.29) is 5.91 Å². The van der Waals surface area contributed by atoms with Crippen molar-refractivity contribution >= 4 is 39.3 Å². The minimum absolute atomic E-state index is 0.255. The normalized spacial score (nSPS) is 14.0. The minimum atomic E-state index is -0.255. The zero-order valence-corrected chi connectivity index (χ0v) is 16.6. The number of amides is 1. The van der Waals surface area contributed by atoms with E-state index in [0.29, 0.717) is 17.2 Å². The summed E-state index contributed by atoms with van der Waals surface area (Å²) in [5, 5.41) is 2.78. The number of hydrogen-bond donors (Lipinski definition) is 1. The first-order chi connectivity index (χ1) is 13.7. The largest absolute Gasteiger partial charge is 0.353 e. The highest BCUT2D eigenvalue weighted by Gasteiger charge is 2.19. The molecule has 4 heterocycles. The Labute approximate surface area is 170 Å². The van der Waals surface area contributed by atoms with Crippen molar-refractivity contribution in [2.45, 2.75) is 0 Å². The van der Waals surface area contributed by atoms with E-state index in [0.717, 1.165) is 36.5 Å². The van der Waals surface area contributed by atoms with Gasteiger partial charge in [-0.15, -0.1) is 0 Å². The SMILES string of the molecule is O=C(Nc1cnc(N2CCN(c3ccccn3)CC2)nc1)c1cncc(Br)c1. The first-order valence-electron chi connectivity index (χ1n) is 8.84. The van der Waals surface area contributed by atoms with Crippen molar-refractivity contribution in [1.82, 2.24) is 19.9 Å². The van der Waals surface area contributed by atoms with Crippen LogP contribution >= 0.6 is 15.9 Å². The third-order valence-electron chi connectivity index (χ3n) is 4.40. The van der Waals surface area contributed by atoms with E-state index in [4.69, 9.17) is 0 Å². The highest BCUT2D eigenvalue weighted by molar-refractivity contribution is 9.10. The van der Waals surface area contributed by atoms with E-state index < -0.39 is 0 Å². The Kier molecular flexibility index (Phi) is 5.43. The Morgan fingerprint density at radius 2 is 1.71 bits per heavy atom. The van der Waals surface area contributed by atoms with Gasteiger partial charge < -0.3 is 15.1 Å². The smallest absolute Gasteiger partial charge is 0.257 e. The lowest BCUT2D eigenvalue weighted by Crippen LogP contribution is -2.47. The van der Waals surface area contributed by atoms with Crippen LogP contribution in [0.3, 0.4) is 0 Å². The van der Waals surface area contributed by atoms with Crippen LogP contribution in [0, 0.1) is 0 Å². The molecule has 9 heteroatoms. The van der Waals surface area contributed by atoms with Gasteiger partial charge in [-0.05, 0) is 34.1 Å². The van der Waals surface area contributed by atoms with Crippen molar-refractivity contribution in [2.24, 2.45) is 0 Å². The number of hydrogen-bond acceptors (Lipinski definition) is 7. The van der Waals surface area contributed by atoms with Crippen molar-refractivity contribution < 1.29 is 4.79 Å². The molecule has 1 aliphatic rings. The highest BCUT2D eigenvalue weighted by atomic mass is 79.9. The van der Waals surface area contributed by atoms with E-state index >= 15 is 0 Å². The second-order valence-electron chi connectivity index (χ2n) is 6.28. The fourth-order valence-electron chi connectivity index (χ4n) is 2.96. The maximum absolute atomic E-state index is 12.3. The molecular weight excluding hydrogens is 422 g/mol. The van der Waals surface area contributed by atoms with Gasteiger partial charge in [-0.25, -0.2) is 15.0 Å². The summed E-state index contributed by atoms with van der Waals surface area (Å²) in [5.74, 6) is 1.39. The lowest BCUT2D eigenvalue weighted by atomic mass is 10.2. The lowest BCUT2D eigenvalue weighted by Gasteiger charge is -2.35. The fourth-order valence-corrected chi connectivity index (χ4v) is 3.33. The van der Waals surface area contributed by atoms with E-state index in [1.54, 1.807) is 24.7 Å². The molecule has 0 aromatic carbocycles. The lowest BCUT2D eigenvalue weighted by molar-refractivity contribution is 0.102. The molecule has 0 saturated carbocycles. The van der Waals surface area contributed by atoms with Crippen molar-refractivity contribution in [3.8, 4) is 0 Å². The monoisotopic (exact) mass is 439 g/mol. The standard InChI is InChI=1S/C19H18BrN7O/c20-15-9-14(10-21-11-15)18(28)25-16-12-23-19(24-13-16)27-7-5-26(6-8-27)17-3-1-2-4-22-17/h1-4,9-13H,5-8H2,(H,25,28). The van der Waals surface area contributed by atoms with Crippen LogP contribution in [-0.4, -0.2) is 52.0 Å². The van der Waals surface area contributed by atoms with Gasteiger partial charge in [0.15, 0.2) is 0 Å². The number of rotatable bonds is 4. The van der Waals surface area contributed by atoms with Gasteiger partial charge in [0.2, 0.25) is 5.95 Å². The van der Waals surface area contributed by atoms with Gasteiger partial charge >= 0.3 is 0 Å². The maximum Gasteiger partial charge on any atom is 0.257 e. The van der Waals surface area contributed by atoms with Crippen LogP contribution in [0.5, 0.6) is 0 Å². The molecule has 0 aliphatic carbocycles. The molecule has 8 nitrogen and oxygen atoms in total. The summed E-state index contributed by atoms with van der Waals surface area (Å²) in [4.78, 5) is 33.9. The van der Waals surface area contributed by atoms with Crippen molar-refractivity contribution in [3.05, 3.63) is 65.3 Å². The van der Waals surface area contributed by atoms with Crippen molar-refractivity contribution in [2.75, 3.05) is 41.3 Å². The summed E-state index contributed by atoms with van der Waals surface area (Å²) in [7, 11) is 0. The van der Waals surface area contributed by atoms with E-state index in [9.17, 15) is 4.79 Å². The van der Waals surface area contributed by atoms with Gasteiger partial charge in [0.05, 0.1) is 23.6 Å². The van der Waals surface area contributed by atoms with Gasteiger partial charge in [0.1, 0.15) is 5.82 Å². The number of nitrogens with one attached hydrogen (secondary N) is 1. The number of halogens is 1. The van der Waals surface area contributed by atoms with Crippen molar-refractivity contribution in [1.29, 1.82) is 0 Å². The van der Waals surface area contributed by atoms with Gasteiger partial charge in [-0.3, -0.25) is 9.78 Å². The molecular formula is C19H18BrN7O. The average Bonchev–Trinajstić information content (AvgIpc) is 2.75. The first-order valence-corrected chi connectivity index (χ1v) is 9.63. The van der Waals surface area contributed by atoms with Gasteiger partial charge in [-0.1, -0.05) is 6.07 Å². The summed E-state index contributed by atoms with van der Waals surface area (Å²) >= 11 is 3.31. The molecule has 0 unspecified atom stereocenters. The Morgan fingerprint density at radius 1 is 0.964 bits per heavy atom. The molecule has 1 fully saturated rings. The molecule has 3 aromatic heterocycles. The number of carbonyl (C=O) groups excluding carboxylic acids is 1. The van der Waals surface area contributed by atoms with E-state index in [2.05, 4.69) is 51.0 Å². The first kappa shape index (κ1) is 18.3. The highest BCUT2D eigenvalue weighted by Crippen LogP contribution is 2.17. The topological polar surface area (TPSA) is 87.1 Å². The van der Waals surface area contributed by atoms with Crippen LogP contribution in [0.1, 0.15) is 10.4 Å². The number of aromatic nitrogens is 4. The molecule has 142 valence electrons. The zero-order valence-electron chi connectivity index (χ0n) is 15.0. The van der Waals surface area contributed by atoms with Crippen LogP contribution in [0.2, 0.25) is 0 Å². The predicted molar refractivity (Wildman–Crippen MR) is 111 cm³/mol. The molecule has 0 radical (unpaired) electrons. The number of nitrogens with zero attached hydrogens (tertiary/aromatic N) is 6. The number of pyridine rings is 2. The summed E-state index contributed by atoms with van der Waals surface area (Å²) in [5.41, 5.74) is 1.00. The molecule has 1 N–H and O–H groups in total. The minimum Gasteiger partial charge on any atom is -0.353 e. The molecule has 0 atom stereocenters. The number of anilines is 3. The Morgan fingerprint density at radius 3 is 2.39 bits per heavy atom. The summed E-state index contributed by atoms with van der Waals surface area (Å²) in [6.07, 6.45) is 8.19. The third kappa shape index (κ3) is 4.25. The summed E-state index contributed by atoms with van der Waals surface area (Å²) < 4.78 is 0.747. The second kappa shape index (κ2) is 8.30. The van der Waals surface area contributed by atoms with Crippen LogP contribution in [0.4, 0.5) is 17.5 Å². The second-order valence-corrected chi connectivity index (χ2v) is 7.20. The van der Waals surface area contributed by atoms with Crippen LogP contribution < -0.4 is 15.1 Å². The van der Waals surface area contributed by atoms with Crippen LogP contribution in [-0.2, 0) is 0 Å². The van der Waals surface area contributed by atoms with Gasteiger partial charge in [0, 0.05) is 49.2 Å². The molecule has 28 heavy (non-hydrogen) atoms. The molecule has 1 saturated heterocycles. The molecule has 1 amide bonds. The van der Waals surface area contributed by atoms with Crippen molar-refractivity contribution in [3.63, 3.8) is 0 Å². The number of carbonyl (C=O) groups is 1. The maximum atomic E-state index is 12.3.